The van der Waals surface area contributed by atoms with E-state index in [2.05, 4.69) is 29.7 Å². The summed E-state index contributed by atoms with van der Waals surface area (Å²) < 4.78 is 0. The first-order valence-corrected chi connectivity index (χ1v) is 6.29. The average Bonchev–Trinajstić information content (AvgIpc) is 2.37. The lowest BCUT2D eigenvalue weighted by molar-refractivity contribution is -0.125. The molecule has 1 heterocycles. The summed E-state index contributed by atoms with van der Waals surface area (Å²) in [7, 11) is 0. The van der Waals surface area contributed by atoms with E-state index >= 15 is 0 Å². The van der Waals surface area contributed by atoms with Crippen LogP contribution >= 0.6 is 0 Å². The molecule has 1 aliphatic heterocycles. The normalized spacial score (nSPS) is 19.9. The van der Waals surface area contributed by atoms with Crippen molar-refractivity contribution in [1.82, 2.24) is 10.6 Å². The molecule has 1 amide bonds. The van der Waals surface area contributed by atoms with Crippen molar-refractivity contribution in [3.8, 4) is 0 Å². The third-order valence-electron chi connectivity index (χ3n) is 3.22. The van der Waals surface area contributed by atoms with Crippen LogP contribution in [0.15, 0.2) is 24.3 Å². The van der Waals surface area contributed by atoms with Gasteiger partial charge in [0.25, 0.3) is 0 Å². The predicted octanol–water partition coefficient (Wildman–Crippen LogP) is 1.61. The Labute approximate surface area is 103 Å². The molecule has 3 nitrogen and oxygen atoms in total. The van der Waals surface area contributed by atoms with Crippen LogP contribution < -0.4 is 10.6 Å². The van der Waals surface area contributed by atoms with Gasteiger partial charge in [0.05, 0.1) is 5.92 Å². The van der Waals surface area contributed by atoms with E-state index in [9.17, 15) is 4.79 Å². The number of aryl methyl sites for hydroxylation is 1. The molecule has 0 radical (unpaired) electrons. The Balaban J connectivity index is 1.83. The predicted molar refractivity (Wildman–Crippen MR) is 68.6 cm³/mol. The molecule has 0 aliphatic carbocycles. The highest BCUT2D eigenvalue weighted by Gasteiger charge is 2.20. The molecule has 0 unspecified atom stereocenters. The van der Waals surface area contributed by atoms with Gasteiger partial charge in [-0.1, -0.05) is 29.8 Å². The number of hydrogen-bond acceptors (Lipinski definition) is 2. The van der Waals surface area contributed by atoms with Crippen LogP contribution in [0.2, 0.25) is 0 Å². The highest BCUT2D eigenvalue weighted by molar-refractivity contribution is 5.78. The van der Waals surface area contributed by atoms with E-state index in [4.69, 9.17) is 0 Å². The van der Waals surface area contributed by atoms with E-state index in [1.165, 1.54) is 11.1 Å². The molecule has 0 aromatic heterocycles. The SMILES string of the molecule is Cc1cccc(CNC(=O)[C@H]2CCCNC2)c1. The average molecular weight is 232 g/mol. The smallest absolute Gasteiger partial charge is 0.224 e. The molecule has 2 N–H and O–H groups in total. The largest absolute Gasteiger partial charge is 0.352 e. The van der Waals surface area contributed by atoms with E-state index < -0.39 is 0 Å². The monoisotopic (exact) mass is 232 g/mol. The fraction of sp³-hybridized carbons (Fsp3) is 0.500. The van der Waals surface area contributed by atoms with E-state index in [1.807, 2.05) is 12.1 Å². The highest BCUT2D eigenvalue weighted by atomic mass is 16.1. The molecular formula is C14H20N2O. The van der Waals surface area contributed by atoms with Crippen molar-refractivity contribution in [3.63, 3.8) is 0 Å². The summed E-state index contributed by atoms with van der Waals surface area (Å²) in [6, 6.07) is 8.25. The lowest BCUT2D eigenvalue weighted by Crippen LogP contribution is -2.40. The molecule has 2 rings (SSSR count). The number of nitrogens with one attached hydrogen (secondary N) is 2. The minimum atomic E-state index is 0.147. The summed E-state index contributed by atoms with van der Waals surface area (Å²) >= 11 is 0. The van der Waals surface area contributed by atoms with Gasteiger partial charge < -0.3 is 10.6 Å². The van der Waals surface area contributed by atoms with E-state index in [0.29, 0.717) is 6.54 Å². The van der Waals surface area contributed by atoms with Gasteiger partial charge in [-0.05, 0) is 31.9 Å². The van der Waals surface area contributed by atoms with Crippen LogP contribution in [0, 0.1) is 12.8 Å². The molecule has 0 spiro atoms. The molecular weight excluding hydrogens is 212 g/mol. The molecule has 1 fully saturated rings. The maximum absolute atomic E-state index is 11.9. The van der Waals surface area contributed by atoms with Gasteiger partial charge in [-0.25, -0.2) is 0 Å². The van der Waals surface area contributed by atoms with Gasteiger partial charge >= 0.3 is 0 Å². The fourth-order valence-corrected chi connectivity index (χ4v) is 2.23. The Morgan fingerprint density at radius 3 is 3.12 bits per heavy atom. The van der Waals surface area contributed by atoms with Crippen LogP contribution in [0.25, 0.3) is 0 Å². The van der Waals surface area contributed by atoms with Crippen molar-refractivity contribution >= 4 is 5.91 Å². The zero-order valence-corrected chi connectivity index (χ0v) is 10.3. The van der Waals surface area contributed by atoms with Crippen LogP contribution in [-0.4, -0.2) is 19.0 Å². The Hall–Kier alpha value is -1.35. The molecule has 0 saturated carbocycles. The summed E-state index contributed by atoms with van der Waals surface area (Å²) in [6.07, 6.45) is 2.11. The lowest BCUT2D eigenvalue weighted by atomic mass is 9.99. The Morgan fingerprint density at radius 2 is 2.41 bits per heavy atom. The topological polar surface area (TPSA) is 41.1 Å². The lowest BCUT2D eigenvalue weighted by Gasteiger charge is -2.21. The number of carbonyl (C=O) groups is 1. The van der Waals surface area contributed by atoms with Crippen LogP contribution in [0.1, 0.15) is 24.0 Å². The van der Waals surface area contributed by atoms with Gasteiger partial charge in [0, 0.05) is 13.1 Å². The quantitative estimate of drug-likeness (QED) is 0.831. The van der Waals surface area contributed by atoms with Gasteiger partial charge in [0.2, 0.25) is 5.91 Å². The Morgan fingerprint density at radius 1 is 1.53 bits per heavy atom. The van der Waals surface area contributed by atoms with E-state index in [-0.39, 0.29) is 11.8 Å². The van der Waals surface area contributed by atoms with Crippen molar-refractivity contribution in [1.29, 1.82) is 0 Å². The van der Waals surface area contributed by atoms with Crippen LogP contribution in [-0.2, 0) is 11.3 Å². The number of amides is 1. The fourth-order valence-electron chi connectivity index (χ4n) is 2.23. The third-order valence-corrected chi connectivity index (χ3v) is 3.22. The first-order chi connectivity index (χ1) is 8.25. The first-order valence-electron chi connectivity index (χ1n) is 6.29. The summed E-state index contributed by atoms with van der Waals surface area (Å²) in [5.74, 6) is 0.326. The van der Waals surface area contributed by atoms with Gasteiger partial charge in [-0.2, -0.15) is 0 Å². The maximum Gasteiger partial charge on any atom is 0.224 e. The van der Waals surface area contributed by atoms with Gasteiger partial charge in [0.1, 0.15) is 0 Å². The van der Waals surface area contributed by atoms with Crippen LogP contribution in [0.5, 0.6) is 0 Å². The van der Waals surface area contributed by atoms with Crippen LogP contribution in [0.3, 0.4) is 0 Å². The molecule has 3 heteroatoms. The summed E-state index contributed by atoms with van der Waals surface area (Å²) in [6.45, 7) is 4.56. The zero-order chi connectivity index (χ0) is 12.1. The number of hydrogen-bond donors (Lipinski definition) is 2. The molecule has 1 aromatic carbocycles. The molecule has 1 saturated heterocycles. The zero-order valence-electron chi connectivity index (χ0n) is 10.3. The second kappa shape index (κ2) is 5.82. The standard InChI is InChI=1S/C14H20N2O/c1-11-4-2-5-12(8-11)9-16-14(17)13-6-3-7-15-10-13/h2,4-5,8,13,15H,3,6-7,9-10H2,1H3,(H,16,17)/t13-/m0/s1. The van der Waals surface area contributed by atoms with Gasteiger partial charge in [-0.3, -0.25) is 4.79 Å². The second-order valence-corrected chi connectivity index (χ2v) is 4.75. The minimum Gasteiger partial charge on any atom is -0.352 e. The molecule has 1 aliphatic rings. The summed E-state index contributed by atoms with van der Waals surface area (Å²) in [5.41, 5.74) is 2.40. The summed E-state index contributed by atoms with van der Waals surface area (Å²) in [4.78, 5) is 11.9. The maximum atomic E-state index is 11.9. The highest BCUT2D eigenvalue weighted by Crippen LogP contribution is 2.10. The molecule has 17 heavy (non-hydrogen) atoms. The second-order valence-electron chi connectivity index (χ2n) is 4.75. The Bertz CT molecular complexity index is 384. The van der Waals surface area contributed by atoms with Crippen LogP contribution in [0.4, 0.5) is 0 Å². The van der Waals surface area contributed by atoms with E-state index in [0.717, 1.165) is 25.9 Å². The van der Waals surface area contributed by atoms with Crippen molar-refractivity contribution in [2.45, 2.75) is 26.3 Å². The molecule has 1 atom stereocenters. The minimum absolute atomic E-state index is 0.147. The van der Waals surface area contributed by atoms with Crippen molar-refractivity contribution in [2.24, 2.45) is 5.92 Å². The number of benzene rings is 1. The summed E-state index contributed by atoms with van der Waals surface area (Å²) in [5, 5.41) is 6.28. The van der Waals surface area contributed by atoms with Crippen molar-refractivity contribution < 1.29 is 4.79 Å². The van der Waals surface area contributed by atoms with Crippen molar-refractivity contribution in [2.75, 3.05) is 13.1 Å². The number of carbonyl (C=O) groups excluding carboxylic acids is 1. The van der Waals surface area contributed by atoms with E-state index in [1.54, 1.807) is 0 Å². The van der Waals surface area contributed by atoms with Gasteiger partial charge in [-0.15, -0.1) is 0 Å². The number of rotatable bonds is 3. The molecule has 1 aromatic rings. The third kappa shape index (κ3) is 3.56. The van der Waals surface area contributed by atoms with Crippen molar-refractivity contribution in [3.05, 3.63) is 35.4 Å². The van der Waals surface area contributed by atoms with Gasteiger partial charge in [0.15, 0.2) is 0 Å². The first kappa shape index (κ1) is 12.1. The molecule has 92 valence electrons. The Kier molecular flexibility index (Phi) is 4.15. The molecule has 0 bridgehead atoms. The number of piperidine rings is 1.